The number of primary sulfonamides is 1. The third kappa shape index (κ3) is 6.19. The smallest absolute Gasteiger partial charge is 0.253 e. The summed E-state index contributed by atoms with van der Waals surface area (Å²) in [4.78, 5) is 35.7. The van der Waals surface area contributed by atoms with Gasteiger partial charge in [0, 0.05) is 50.0 Å². The highest BCUT2D eigenvalue weighted by atomic mass is 32.2. The van der Waals surface area contributed by atoms with Crippen LogP contribution in [-0.2, 0) is 14.8 Å². The Morgan fingerprint density at radius 3 is 2.22 bits per heavy atom. The lowest BCUT2D eigenvalue weighted by atomic mass is 10.1. The van der Waals surface area contributed by atoms with E-state index in [0.717, 1.165) is 6.20 Å². The molecule has 1 fully saturated rings. The summed E-state index contributed by atoms with van der Waals surface area (Å²) in [6.07, 6.45) is 0.977. The van der Waals surface area contributed by atoms with Gasteiger partial charge < -0.3 is 20.4 Å². The Labute approximate surface area is 213 Å². The standard InChI is InChI=1S/C24H26FN7O4S/c1-15-3-6-19(13-21(15)37(26,35)36)29-24-27-14-20(25)22(30-24)28-18-7-4-17(5-8-18)23(34)32-11-9-31(10-12-32)16(2)33/h3-8,13-14H,9-12H2,1-2H3,(H2,26,35,36)(H2,27,28,29,30). The van der Waals surface area contributed by atoms with Gasteiger partial charge in [0.05, 0.1) is 11.1 Å². The number of hydrogen-bond acceptors (Lipinski definition) is 8. The quantitative estimate of drug-likeness (QED) is 0.442. The van der Waals surface area contributed by atoms with Gasteiger partial charge in [-0.25, -0.2) is 22.9 Å². The minimum atomic E-state index is -3.92. The van der Waals surface area contributed by atoms with E-state index in [2.05, 4.69) is 20.6 Å². The number of aromatic nitrogens is 2. The van der Waals surface area contributed by atoms with E-state index in [0.29, 0.717) is 48.7 Å². The van der Waals surface area contributed by atoms with Crippen LogP contribution >= 0.6 is 0 Å². The number of aryl methyl sites for hydroxylation is 1. The van der Waals surface area contributed by atoms with Crippen molar-refractivity contribution in [1.29, 1.82) is 0 Å². The van der Waals surface area contributed by atoms with E-state index in [1.807, 2.05) is 0 Å². The van der Waals surface area contributed by atoms with Crippen LogP contribution in [0.4, 0.5) is 27.5 Å². The number of carbonyl (C=O) groups excluding carboxylic acids is 2. The third-order valence-electron chi connectivity index (χ3n) is 5.90. The summed E-state index contributed by atoms with van der Waals surface area (Å²) in [5, 5.41) is 11.0. The second-order valence-electron chi connectivity index (χ2n) is 8.54. The lowest BCUT2D eigenvalue weighted by Crippen LogP contribution is -2.50. The Hall–Kier alpha value is -4.10. The fraction of sp³-hybridized carbons (Fsp3) is 0.250. The van der Waals surface area contributed by atoms with Crippen molar-refractivity contribution in [1.82, 2.24) is 19.8 Å². The summed E-state index contributed by atoms with van der Waals surface area (Å²) in [5.41, 5.74) is 1.81. The molecule has 4 rings (SSSR count). The summed E-state index contributed by atoms with van der Waals surface area (Å²) in [7, 11) is -3.92. The largest absolute Gasteiger partial charge is 0.339 e. The Morgan fingerprint density at radius 2 is 1.59 bits per heavy atom. The number of nitrogens with zero attached hydrogens (tertiary/aromatic N) is 4. The second-order valence-corrected chi connectivity index (χ2v) is 10.1. The van der Waals surface area contributed by atoms with Gasteiger partial charge >= 0.3 is 0 Å². The van der Waals surface area contributed by atoms with Crippen molar-refractivity contribution in [2.75, 3.05) is 36.8 Å². The molecule has 0 radical (unpaired) electrons. The molecule has 13 heteroatoms. The molecule has 4 N–H and O–H groups in total. The molecule has 0 atom stereocenters. The molecule has 194 valence electrons. The van der Waals surface area contributed by atoms with E-state index in [1.54, 1.807) is 53.1 Å². The number of piperazine rings is 1. The van der Waals surface area contributed by atoms with Crippen molar-refractivity contribution in [2.24, 2.45) is 5.14 Å². The van der Waals surface area contributed by atoms with Crippen LogP contribution in [0.3, 0.4) is 0 Å². The SMILES string of the molecule is CC(=O)N1CCN(C(=O)c2ccc(Nc3nc(Nc4ccc(C)c(S(N)(=O)=O)c4)ncc3F)cc2)CC1. The van der Waals surface area contributed by atoms with Crippen LogP contribution in [0.15, 0.2) is 53.6 Å². The monoisotopic (exact) mass is 527 g/mol. The summed E-state index contributed by atoms with van der Waals surface area (Å²) >= 11 is 0. The van der Waals surface area contributed by atoms with E-state index >= 15 is 0 Å². The van der Waals surface area contributed by atoms with Crippen molar-refractivity contribution in [3.05, 3.63) is 65.6 Å². The molecular weight excluding hydrogens is 501 g/mol. The summed E-state index contributed by atoms with van der Waals surface area (Å²) in [6.45, 7) is 5.04. The Kier molecular flexibility index (Phi) is 7.36. The van der Waals surface area contributed by atoms with Crippen LogP contribution in [0, 0.1) is 12.7 Å². The van der Waals surface area contributed by atoms with E-state index in [9.17, 15) is 22.4 Å². The number of amides is 2. The van der Waals surface area contributed by atoms with Crippen molar-refractivity contribution in [3.63, 3.8) is 0 Å². The normalized spacial score (nSPS) is 13.8. The number of benzene rings is 2. The molecule has 1 aliphatic heterocycles. The number of rotatable bonds is 6. The van der Waals surface area contributed by atoms with Gasteiger partial charge in [0.1, 0.15) is 0 Å². The number of halogens is 1. The molecule has 1 aliphatic rings. The number of sulfonamides is 1. The first-order valence-corrected chi connectivity index (χ1v) is 12.9. The van der Waals surface area contributed by atoms with E-state index in [1.165, 1.54) is 13.0 Å². The molecule has 0 unspecified atom stereocenters. The first kappa shape index (κ1) is 26.0. The van der Waals surface area contributed by atoms with E-state index in [4.69, 9.17) is 5.14 Å². The van der Waals surface area contributed by atoms with Crippen molar-refractivity contribution >= 4 is 45.0 Å². The molecule has 3 aromatic rings. The molecule has 1 aromatic heterocycles. The van der Waals surface area contributed by atoms with E-state index < -0.39 is 15.8 Å². The molecule has 1 saturated heterocycles. The van der Waals surface area contributed by atoms with Gasteiger partial charge in [0.25, 0.3) is 5.91 Å². The van der Waals surface area contributed by atoms with Crippen LogP contribution in [0.5, 0.6) is 0 Å². The number of nitrogens with two attached hydrogens (primary N) is 1. The topological polar surface area (TPSA) is 151 Å². The highest BCUT2D eigenvalue weighted by Gasteiger charge is 2.23. The van der Waals surface area contributed by atoms with Crippen molar-refractivity contribution in [3.8, 4) is 0 Å². The molecule has 2 heterocycles. The maximum Gasteiger partial charge on any atom is 0.253 e. The van der Waals surface area contributed by atoms with E-state index in [-0.39, 0.29) is 28.5 Å². The molecule has 0 bridgehead atoms. The molecule has 2 aromatic carbocycles. The van der Waals surface area contributed by atoms with Gasteiger partial charge in [-0.2, -0.15) is 4.98 Å². The first-order valence-electron chi connectivity index (χ1n) is 11.4. The zero-order valence-electron chi connectivity index (χ0n) is 20.2. The van der Waals surface area contributed by atoms with Gasteiger partial charge in [0.2, 0.25) is 21.9 Å². The predicted octanol–water partition coefficient (Wildman–Crippen LogP) is 2.36. The summed E-state index contributed by atoms with van der Waals surface area (Å²) in [5.74, 6) is -0.945. The molecule has 0 saturated carbocycles. The lowest BCUT2D eigenvalue weighted by molar-refractivity contribution is -0.130. The van der Waals surface area contributed by atoms with Crippen LogP contribution in [-0.4, -0.2) is 66.2 Å². The van der Waals surface area contributed by atoms with Crippen molar-refractivity contribution in [2.45, 2.75) is 18.7 Å². The Bertz CT molecular complexity index is 1440. The Morgan fingerprint density at radius 1 is 0.973 bits per heavy atom. The van der Waals surface area contributed by atoms with Crippen LogP contribution in [0.2, 0.25) is 0 Å². The zero-order valence-corrected chi connectivity index (χ0v) is 21.0. The third-order valence-corrected chi connectivity index (χ3v) is 6.95. The number of nitrogens with one attached hydrogen (secondary N) is 2. The number of anilines is 4. The highest BCUT2D eigenvalue weighted by Crippen LogP contribution is 2.24. The average molecular weight is 528 g/mol. The van der Waals surface area contributed by atoms with Gasteiger partial charge in [-0.3, -0.25) is 9.59 Å². The minimum absolute atomic E-state index is 0.00930. The van der Waals surface area contributed by atoms with Gasteiger partial charge in [-0.1, -0.05) is 6.07 Å². The fourth-order valence-corrected chi connectivity index (χ4v) is 4.68. The van der Waals surface area contributed by atoms with Gasteiger partial charge in [0.15, 0.2) is 11.6 Å². The average Bonchev–Trinajstić information content (AvgIpc) is 2.86. The predicted molar refractivity (Wildman–Crippen MR) is 136 cm³/mol. The van der Waals surface area contributed by atoms with Crippen molar-refractivity contribution < 1.29 is 22.4 Å². The molecule has 0 spiro atoms. The fourth-order valence-electron chi connectivity index (χ4n) is 3.87. The zero-order chi connectivity index (χ0) is 26.7. The number of carbonyl (C=O) groups is 2. The first-order chi connectivity index (χ1) is 17.5. The molecule has 0 aliphatic carbocycles. The maximum absolute atomic E-state index is 14.4. The summed E-state index contributed by atoms with van der Waals surface area (Å²) in [6, 6.07) is 11.1. The molecule has 11 nitrogen and oxygen atoms in total. The maximum atomic E-state index is 14.4. The van der Waals surface area contributed by atoms with Crippen LogP contribution in [0.1, 0.15) is 22.8 Å². The lowest BCUT2D eigenvalue weighted by Gasteiger charge is -2.34. The minimum Gasteiger partial charge on any atom is -0.339 e. The Balaban J connectivity index is 1.44. The highest BCUT2D eigenvalue weighted by molar-refractivity contribution is 7.89. The molecular formula is C24H26FN7O4S. The molecule has 37 heavy (non-hydrogen) atoms. The van der Waals surface area contributed by atoms with Crippen LogP contribution < -0.4 is 15.8 Å². The van der Waals surface area contributed by atoms with Crippen LogP contribution in [0.25, 0.3) is 0 Å². The van der Waals surface area contributed by atoms with Gasteiger partial charge in [-0.05, 0) is 48.9 Å². The van der Waals surface area contributed by atoms with Gasteiger partial charge in [-0.15, -0.1) is 0 Å². The summed E-state index contributed by atoms with van der Waals surface area (Å²) < 4.78 is 38.0. The number of hydrogen-bond donors (Lipinski definition) is 3. The molecule has 2 amide bonds. The second kappa shape index (κ2) is 10.5.